The van der Waals surface area contributed by atoms with E-state index in [4.69, 9.17) is 5.73 Å². The molecule has 0 spiro atoms. The standard InChI is InChI=1S/C17H18N4/c1-13-6-5-9-15(10-13)17-16(11-18)19-20-21(17)12-14-7-3-2-4-8-14/h2-10H,11-12,18H2,1H3. The van der Waals surface area contributed by atoms with Crippen LogP contribution in [0.1, 0.15) is 16.8 Å². The molecule has 0 amide bonds. The third-order valence-corrected chi connectivity index (χ3v) is 3.46. The van der Waals surface area contributed by atoms with Crippen LogP contribution >= 0.6 is 0 Å². The molecule has 0 radical (unpaired) electrons. The highest BCUT2D eigenvalue weighted by atomic mass is 15.4. The van der Waals surface area contributed by atoms with E-state index < -0.39 is 0 Å². The number of rotatable bonds is 4. The summed E-state index contributed by atoms with van der Waals surface area (Å²) in [6, 6.07) is 18.6. The first-order valence-corrected chi connectivity index (χ1v) is 7.01. The molecule has 4 nitrogen and oxygen atoms in total. The van der Waals surface area contributed by atoms with Crippen molar-refractivity contribution >= 4 is 0 Å². The minimum atomic E-state index is 0.387. The summed E-state index contributed by atoms with van der Waals surface area (Å²) >= 11 is 0. The summed E-state index contributed by atoms with van der Waals surface area (Å²) in [6.45, 7) is 3.16. The monoisotopic (exact) mass is 278 g/mol. The number of hydrogen-bond acceptors (Lipinski definition) is 3. The lowest BCUT2D eigenvalue weighted by atomic mass is 10.1. The number of aryl methyl sites for hydroxylation is 1. The maximum Gasteiger partial charge on any atom is 0.104 e. The molecule has 0 aliphatic rings. The largest absolute Gasteiger partial charge is 0.325 e. The molecule has 2 N–H and O–H groups in total. The van der Waals surface area contributed by atoms with Gasteiger partial charge in [-0.15, -0.1) is 5.10 Å². The van der Waals surface area contributed by atoms with Gasteiger partial charge in [0.1, 0.15) is 5.69 Å². The van der Waals surface area contributed by atoms with Crippen LogP contribution in [0.3, 0.4) is 0 Å². The van der Waals surface area contributed by atoms with Crippen LogP contribution in [0.25, 0.3) is 11.3 Å². The number of nitrogens with two attached hydrogens (primary N) is 1. The molecule has 3 aromatic rings. The Morgan fingerprint density at radius 3 is 2.57 bits per heavy atom. The fraction of sp³-hybridized carbons (Fsp3) is 0.176. The summed E-state index contributed by atoms with van der Waals surface area (Å²) in [6.07, 6.45) is 0. The van der Waals surface area contributed by atoms with Gasteiger partial charge in [-0.2, -0.15) is 0 Å². The zero-order chi connectivity index (χ0) is 14.7. The van der Waals surface area contributed by atoms with Crippen LogP contribution < -0.4 is 5.73 Å². The molecule has 1 aromatic heterocycles. The Kier molecular flexibility index (Phi) is 3.79. The highest BCUT2D eigenvalue weighted by molar-refractivity contribution is 5.62. The molecule has 0 unspecified atom stereocenters. The Balaban J connectivity index is 2.04. The van der Waals surface area contributed by atoms with E-state index in [9.17, 15) is 0 Å². The number of aromatic nitrogens is 3. The molecule has 0 aliphatic heterocycles. The second kappa shape index (κ2) is 5.89. The lowest BCUT2D eigenvalue weighted by molar-refractivity contribution is 0.655. The number of hydrogen-bond donors (Lipinski definition) is 1. The normalized spacial score (nSPS) is 10.8. The number of nitrogens with zero attached hydrogens (tertiary/aromatic N) is 3. The van der Waals surface area contributed by atoms with E-state index in [-0.39, 0.29) is 0 Å². The van der Waals surface area contributed by atoms with E-state index in [1.165, 1.54) is 11.1 Å². The maximum absolute atomic E-state index is 5.82. The van der Waals surface area contributed by atoms with Gasteiger partial charge < -0.3 is 5.73 Å². The van der Waals surface area contributed by atoms with Crippen molar-refractivity contribution in [3.8, 4) is 11.3 Å². The SMILES string of the molecule is Cc1cccc(-c2c(CN)nnn2Cc2ccccc2)c1. The molecule has 0 saturated heterocycles. The maximum atomic E-state index is 5.82. The Labute approximate surface area is 124 Å². The van der Waals surface area contributed by atoms with Gasteiger partial charge in [-0.25, -0.2) is 4.68 Å². The Bertz CT molecular complexity index is 732. The van der Waals surface area contributed by atoms with Gasteiger partial charge in [0, 0.05) is 12.1 Å². The van der Waals surface area contributed by atoms with Crippen LogP contribution in [0.5, 0.6) is 0 Å². The first kappa shape index (κ1) is 13.5. The average molecular weight is 278 g/mol. The molecule has 4 heteroatoms. The topological polar surface area (TPSA) is 56.7 Å². The molecule has 0 bridgehead atoms. The Morgan fingerprint density at radius 2 is 1.86 bits per heavy atom. The second-order valence-electron chi connectivity index (χ2n) is 5.10. The van der Waals surface area contributed by atoms with Gasteiger partial charge in [0.05, 0.1) is 12.2 Å². The lowest BCUT2D eigenvalue weighted by Gasteiger charge is -2.09. The van der Waals surface area contributed by atoms with Gasteiger partial charge in [0.15, 0.2) is 0 Å². The van der Waals surface area contributed by atoms with Crippen LogP contribution in [0.15, 0.2) is 54.6 Å². The van der Waals surface area contributed by atoms with E-state index in [0.29, 0.717) is 13.1 Å². The summed E-state index contributed by atoms with van der Waals surface area (Å²) in [4.78, 5) is 0. The summed E-state index contributed by atoms with van der Waals surface area (Å²) in [5.41, 5.74) is 11.2. The van der Waals surface area contributed by atoms with Crippen molar-refractivity contribution in [2.75, 3.05) is 0 Å². The van der Waals surface area contributed by atoms with Gasteiger partial charge in [0.2, 0.25) is 0 Å². The Morgan fingerprint density at radius 1 is 1.05 bits per heavy atom. The predicted molar refractivity (Wildman–Crippen MR) is 83.6 cm³/mol. The van der Waals surface area contributed by atoms with Gasteiger partial charge in [0.25, 0.3) is 0 Å². The average Bonchev–Trinajstić information content (AvgIpc) is 2.91. The second-order valence-corrected chi connectivity index (χ2v) is 5.10. The summed E-state index contributed by atoms with van der Waals surface area (Å²) in [5, 5.41) is 8.50. The van der Waals surface area contributed by atoms with Gasteiger partial charge in [-0.1, -0.05) is 59.3 Å². The van der Waals surface area contributed by atoms with Gasteiger partial charge in [-0.05, 0) is 18.6 Å². The quantitative estimate of drug-likeness (QED) is 0.798. The first-order chi connectivity index (χ1) is 10.3. The van der Waals surface area contributed by atoms with E-state index in [2.05, 4.69) is 47.6 Å². The highest BCUT2D eigenvalue weighted by Gasteiger charge is 2.14. The molecule has 3 rings (SSSR count). The van der Waals surface area contributed by atoms with Crippen LogP contribution in [-0.4, -0.2) is 15.0 Å². The van der Waals surface area contributed by atoms with E-state index >= 15 is 0 Å². The van der Waals surface area contributed by atoms with Crippen molar-refractivity contribution in [1.29, 1.82) is 0 Å². The molecule has 0 aliphatic carbocycles. The van der Waals surface area contributed by atoms with E-state index in [0.717, 1.165) is 17.0 Å². The van der Waals surface area contributed by atoms with Gasteiger partial charge >= 0.3 is 0 Å². The molecule has 0 atom stereocenters. The smallest absolute Gasteiger partial charge is 0.104 e. The van der Waals surface area contributed by atoms with Crippen LogP contribution in [0.4, 0.5) is 0 Å². The third kappa shape index (κ3) is 2.85. The zero-order valence-electron chi connectivity index (χ0n) is 12.0. The minimum absolute atomic E-state index is 0.387. The van der Waals surface area contributed by atoms with Crippen molar-refractivity contribution in [3.63, 3.8) is 0 Å². The van der Waals surface area contributed by atoms with Crippen LogP contribution in [0.2, 0.25) is 0 Å². The molecular weight excluding hydrogens is 260 g/mol. The lowest BCUT2D eigenvalue weighted by Crippen LogP contribution is -2.05. The molecule has 1 heterocycles. The molecule has 0 fully saturated rings. The van der Waals surface area contributed by atoms with E-state index in [1.54, 1.807) is 0 Å². The van der Waals surface area contributed by atoms with Crippen molar-refractivity contribution in [2.24, 2.45) is 5.73 Å². The minimum Gasteiger partial charge on any atom is -0.325 e. The van der Waals surface area contributed by atoms with Crippen LogP contribution in [-0.2, 0) is 13.1 Å². The summed E-state index contributed by atoms with van der Waals surface area (Å²) in [5.74, 6) is 0. The molecular formula is C17H18N4. The van der Waals surface area contributed by atoms with Crippen molar-refractivity contribution in [1.82, 2.24) is 15.0 Å². The van der Waals surface area contributed by atoms with Crippen molar-refractivity contribution in [2.45, 2.75) is 20.0 Å². The first-order valence-electron chi connectivity index (χ1n) is 7.01. The van der Waals surface area contributed by atoms with Crippen molar-refractivity contribution < 1.29 is 0 Å². The summed E-state index contributed by atoms with van der Waals surface area (Å²) in [7, 11) is 0. The fourth-order valence-corrected chi connectivity index (χ4v) is 2.46. The van der Waals surface area contributed by atoms with E-state index in [1.807, 2.05) is 28.9 Å². The Hall–Kier alpha value is -2.46. The highest BCUT2D eigenvalue weighted by Crippen LogP contribution is 2.23. The number of benzene rings is 2. The zero-order valence-corrected chi connectivity index (χ0v) is 12.0. The molecule has 2 aromatic carbocycles. The summed E-state index contributed by atoms with van der Waals surface area (Å²) < 4.78 is 1.92. The third-order valence-electron chi connectivity index (χ3n) is 3.46. The van der Waals surface area contributed by atoms with Gasteiger partial charge in [-0.3, -0.25) is 0 Å². The van der Waals surface area contributed by atoms with Crippen LogP contribution in [0, 0.1) is 6.92 Å². The molecule has 21 heavy (non-hydrogen) atoms. The van der Waals surface area contributed by atoms with Crippen molar-refractivity contribution in [3.05, 3.63) is 71.4 Å². The molecule has 0 saturated carbocycles. The fourth-order valence-electron chi connectivity index (χ4n) is 2.46. The predicted octanol–water partition coefficient (Wildman–Crippen LogP) is 2.76. The molecule has 106 valence electrons.